The standard InChI is InChI=1S/C18H19N3O2/c1-11-17(12-4-6-21(11)7-5-12)20-18(22)13-2-3-16-15(8-13)14(9-19)10-23-16/h2-3,8,10-12,17H,4-7H2,1H3,(H,20,22). The highest BCUT2D eigenvalue weighted by molar-refractivity contribution is 5.99. The van der Waals surface area contributed by atoms with Crippen molar-refractivity contribution in [1.82, 2.24) is 10.2 Å². The number of furan rings is 1. The maximum Gasteiger partial charge on any atom is 0.251 e. The highest BCUT2D eigenvalue weighted by Gasteiger charge is 2.40. The van der Waals surface area contributed by atoms with Crippen LogP contribution in [0.25, 0.3) is 11.0 Å². The normalized spacial score (nSPS) is 29.4. The van der Waals surface area contributed by atoms with Crippen molar-refractivity contribution >= 4 is 16.9 Å². The van der Waals surface area contributed by atoms with E-state index in [0.29, 0.717) is 34.1 Å². The Bertz CT molecular complexity index is 794. The average Bonchev–Trinajstić information content (AvgIpc) is 3.00. The van der Waals surface area contributed by atoms with Crippen LogP contribution in [-0.2, 0) is 0 Å². The van der Waals surface area contributed by atoms with Crippen LogP contribution < -0.4 is 5.32 Å². The Morgan fingerprint density at radius 3 is 2.87 bits per heavy atom. The quantitative estimate of drug-likeness (QED) is 0.925. The molecule has 118 valence electrons. The molecule has 1 N–H and O–H groups in total. The molecule has 2 atom stereocenters. The maximum atomic E-state index is 12.7. The Balaban J connectivity index is 1.58. The molecule has 23 heavy (non-hydrogen) atoms. The van der Waals surface area contributed by atoms with Gasteiger partial charge < -0.3 is 9.73 Å². The van der Waals surface area contributed by atoms with Crippen molar-refractivity contribution in [3.8, 4) is 6.07 Å². The Morgan fingerprint density at radius 1 is 1.39 bits per heavy atom. The summed E-state index contributed by atoms with van der Waals surface area (Å²) in [5.41, 5.74) is 1.68. The lowest BCUT2D eigenvalue weighted by molar-refractivity contribution is 0.0217. The number of rotatable bonds is 2. The minimum Gasteiger partial charge on any atom is -0.463 e. The molecule has 5 nitrogen and oxygen atoms in total. The first-order chi connectivity index (χ1) is 11.2. The minimum absolute atomic E-state index is 0.0670. The molecular formula is C18H19N3O2. The van der Waals surface area contributed by atoms with Crippen molar-refractivity contribution in [2.75, 3.05) is 13.1 Å². The first-order valence-corrected chi connectivity index (χ1v) is 8.13. The van der Waals surface area contributed by atoms with Gasteiger partial charge in [-0.15, -0.1) is 0 Å². The van der Waals surface area contributed by atoms with E-state index in [1.165, 1.54) is 6.26 Å². The van der Waals surface area contributed by atoms with Crippen LogP contribution in [0.1, 0.15) is 35.7 Å². The molecule has 3 fully saturated rings. The second kappa shape index (κ2) is 5.39. The lowest BCUT2D eigenvalue weighted by atomic mass is 9.79. The summed E-state index contributed by atoms with van der Waals surface area (Å²) in [5.74, 6) is 0.508. The average molecular weight is 309 g/mol. The zero-order valence-electron chi connectivity index (χ0n) is 13.1. The van der Waals surface area contributed by atoms with E-state index in [2.05, 4.69) is 23.2 Å². The number of hydrogen-bond donors (Lipinski definition) is 1. The monoisotopic (exact) mass is 309 g/mol. The molecule has 3 aliphatic rings. The van der Waals surface area contributed by atoms with Gasteiger partial charge in [-0.1, -0.05) is 0 Å². The van der Waals surface area contributed by atoms with Gasteiger partial charge in [0, 0.05) is 23.0 Å². The summed E-state index contributed by atoms with van der Waals surface area (Å²) >= 11 is 0. The Kier molecular flexibility index (Phi) is 3.35. The van der Waals surface area contributed by atoms with Crippen molar-refractivity contribution in [1.29, 1.82) is 5.26 Å². The summed E-state index contributed by atoms with van der Waals surface area (Å²) in [7, 11) is 0. The smallest absolute Gasteiger partial charge is 0.251 e. The molecule has 1 aromatic heterocycles. The number of fused-ring (bicyclic) bond motifs is 4. The number of benzene rings is 1. The molecule has 3 saturated heterocycles. The molecule has 2 unspecified atom stereocenters. The van der Waals surface area contributed by atoms with Crippen molar-refractivity contribution in [3.63, 3.8) is 0 Å². The number of carbonyl (C=O) groups is 1. The van der Waals surface area contributed by atoms with Crippen LogP contribution in [0.4, 0.5) is 0 Å². The van der Waals surface area contributed by atoms with Crippen LogP contribution in [0.15, 0.2) is 28.9 Å². The van der Waals surface area contributed by atoms with Gasteiger partial charge in [0.25, 0.3) is 5.91 Å². The zero-order chi connectivity index (χ0) is 16.0. The first kappa shape index (κ1) is 14.3. The third-order valence-electron chi connectivity index (χ3n) is 5.43. The highest BCUT2D eigenvalue weighted by Crippen LogP contribution is 2.32. The van der Waals surface area contributed by atoms with Gasteiger partial charge in [0.15, 0.2) is 0 Å². The van der Waals surface area contributed by atoms with Crippen LogP contribution in [0.2, 0.25) is 0 Å². The van der Waals surface area contributed by atoms with E-state index in [1.807, 2.05) is 0 Å². The summed E-state index contributed by atoms with van der Waals surface area (Å²) in [6, 6.07) is 7.95. The first-order valence-electron chi connectivity index (χ1n) is 8.13. The van der Waals surface area contributed by atoms with Crippen molar-refractivity contribution in [3.05, 3.63) is 35.6 Å². The Hall–Kier alpha value is -2.32. The lowest BCUT2D eigenvalue weighted by Gasteiger charge is -2.49. The Morgan fingerprint density at radius 2 is 2.17 bits per heavy atom. The van der Waals surface area contributed by atoms with Gasteiger partial charge in [-0.05, 0) is 57.0 Å². The summed E-state index contributed by atoms with van der Waals surface area (Å²) in [6.45, 7) is 4.48. The molecule has 5 rings (SSSR count). The van der Waals surface area contributed by atoms with Gasteiger partial charge in [-0.3, -0.25) is 9.69 Å². The second-order valence-corrected chi connectivity index (χ2v) is 6.59. The number of piperidine rings is 3. The van der Waals surface area contributed by atoms with E-state index >= 15 is 0 Å². The van der Waals surface area contributed by atoms with E-state index < -0.39 is 0 Å². The van der Waals surface area contributed by atoms with Crippen LogP contribution >= 0.6 is 0 Å². The highest BCUT2D eigenvalue weighted by atomic mass is 16.3. The Labute approximate surface area is 134 Å². The SMILES string of the molecule is CC1C(NC(=O)c2ccc3occ(C#N)c3c2)C2CCN1CC2. The fraction of sp³-hybridized carbons (Fsp3) is 0.444. The molecule has 3 aliphatic heterocycles. The van der Waals surface area contributed by atoms with E-state index in [4.69, 9.17) is 9.68 Å². The summed E-state index contributed by atoms with van der Waals surface area (Å²) in [4.78, 5) is 15.1. The van der Waals surface area contributed by atoms with E-state index in [0.717, 1.165) is 25.9 Å². The van der Waals surface area contributed by atoms with Crippen LogP contribution in [0.3, 0.4) is 0 Å². The number of nitrogens with one attached hydrogen (secondary N) is 1. The molecule has 0 radical (unpaired) electrons. The molecule has 5 heteroatoms. The van der Waals surface area contributed by atoms with E-state index in [1.54, 1.807) is 18.2 Å². The summed E-state index contributed by atoms with van der Waals surface area (Å²) in [6.07, 6.45) is 3.76. The fourth-order valence-electron chi connectivity index (χ4n) is 4.04. The van der Waals surface area contributed by atoms with Crippen molar-refractivity contribution < 1.29 is 9.21 Å². The number of hydrogen-bond acceptors (Lipinski definition) is 4. The topological polar surface area (TPSA) is 69.3 Å². The number of nitrogens with zero attached hydrogens (tertiary/aromatic N) is 2. The van der Waals surface area contributed by atoms with Gasteiger partial charge in [0.05, 0.1) is 5.56 Å². The van der Waals surface area contributed by atoms with Gasteiger partial charge in [-0.25, -0.2) is 0 Å². The van der Waals surface area contributed by atoms with Crippen molar-refractivity contribution in [2.45, 2.75) is 31.8 Å². The molecule has 0 spiro atoms. The molecule has 1 aromatic carbocycles. The zero-order valence-corrected chi connectivity index (χ0v) is 13.1. The molecular weight excluding hydrogens is 290 g/mol. The fourth-order valence-corrected chi connectivity index (χ4v) is 4.04. The van der Waals surface area contributed by atoms with Gasteiger partial charge in [0.2, 0.25) is 0 Å². The maximum absolute atomic E-state index is 12.7. The van der Waals surface area contributed by atoms with Gasteiger partial charge >= 0.3 is 0 Å². The number of carbonyl (C=O) groups excluding carboxylic acids is 1. The van der Waals surface area contributed by atoms with E-state index in [-0.39, 0.29) is 11.9 Å². The molecule has 2 bridgehead atoms. The molecule has 2 aromatic rings. The third-order valence-corrected chi connectivity index (χ3v) is 5.43. The van der Waals surface area contributed by atoms with Crippen LogP contribution in [-0.4, -0.2) is 36.0 Å². The van der Waals surface area contributed by atoms with Gasteiger partial charge in [0.1, 0.15) is 17.9 Å². The van der Waals surface area contributed by atoms with E-state index in [9.17, 15) is 4.79 Å². The second-order valence-electron chi connectivity index (χ2n) is 6.59. The predicted molar refractivity (Wildman–Crippen MR) is 85.9 cm³/mol. The summed E-state index contributed by atoms with van der Waals surface area (Å²) < 4.78 is 5.32. The molecule has 1 amide bonds. The molecule has 0 aliphatic carbocycles. The molecule has 0 saturated carbocycles. The lowest BCUT2D eigenvalue weighted by Crippen LogP contribution is -2.62. The van der Waals surface area contributed by atoms with Crippen LogP contribution in [0, 0.1) is 17.2 Å². The predicted octanol–water partition coefficient (Wildman–Crippen LogP) is 2.52. The van der Waals surface area contributed by atoms with Crippen LogP contribution in [0.5, 0.6) is 0 Å². The van der Waals surface area contributed by atoms with Crippen molar-refractivity contribution in [2.24, 2.45) is 5.92 Å². The van der Waals surface area contributed by atoms with Gasteiger partial charge in [-0.2, -0.15) is 5.26 Å². The summed E-state index contributed by atoms with van der Waals surface area (Å²) in [5, 5.41) is 13.0. The minimum atomic E-state index is -0.0670. The largest absolute Gasteiger partial charge is 0.463 e. The number of nitriles is 1. The third kappa shape index (κ3) is 2.30. The number of amides is 1. The molecule has 4 heterocycles.